The van der Waals surface area contributed by atoms with Crippen LogP contribution in [0.25, 0.3) is 0 Å². The number of carboxylic acid groups (broad SMARTS) is 1. The molecule has 0 aliphatic rings. The van der Waals surface area contributed by atoms with Crippen molar-refractivity contribution in [1.29, 1.82) is 0 Å². The molecule has 0 radical (unpaired) electrons. The van der Waals surface area contributed by atoms with Crippen LogP contribution in [0, 0.1) is 5.82 Å². The minimum atomic E-state index is -1.11. The Balaban J connectivity index is 2.21. The molecule has 2 aromatic rings. The van der Waals surface area contributed by atoms with Gasteiger partial charge in [0.25, 0.3) is 0 Å². The third-order valence-electron chi connectivity index (χ3n) is 2.57. The van der Waals surface area contributed by atoms with Crippen molar-refractivity contribution in [3.8, 4) is 5.75 Å². The molecule has 1 aromatic carbocycles. The Hall–Kier alpha value is -2.08. The molecular formula is C12H10ClFN2O3. The number of rotatable bonds is 4. The van der Waals surface area contributed by atoms with Crippen LogP contribution < -0.4 is 4.74 Å². The highest BCUT2D eigenvalue weighted by Gasteiger charge is 2.16. The SMILES string of the molecule is Cn1ncc(C(=O)O)c1COc1cccc(Cl)c1F. The first kappa shape index (κ1) is 13.4. The van der Waals surface area contributed by atoms with Crippen LogP contribution in [0.4, 0.5) is 4.39 Å². The number of halogens is 2. The fourth-order valence-electron chi connectivity index (χ4n) is 1.55. The molecule has 0 unspecified atom stereocenters. The minimum Gasteiger partial charge on any atom is -0.484 e. The molecule has 100 valence electrons. The van der Waals surface area contributed by atoms with Crippen LogP contribution in [0.5, 0.6) is 5.75 Å². The highest BCUT2D eigenvalue weighted by molar-refractivity contribution is 6.30. The molecule has 1 N–H and O–H groups in total. The molecular weight excluding hydrogens is 275 g/mol. The van der Waals surface area contributed by atoms with Gasteiger partial charge in [-0.15, -0.1) is 0 Å². The second kappa shape index (κ2) is 5.27. The maximum absolute atomic E-state index is 13.6. The summed E-state index contributed by atoms with van der Waals surface area (Å²) in [5.74, 6) is -1.83. The molecule has 0 fully saturated rings. The van der Waals surface area contributed by atoms with Crippen LogP contribution in [0.1, 0.15) is 16.1 Å². The summed E-state index contributed by atoms with van der Waals surface area (Å²) in [6.45, 7) is -0.116. The highest BCUT2D eigenvalue weighted by Crippen LogP contribution is 2.25. The smallest absolute Gasteiger partial charge is 0.339 e. The van der Waals surface area contributed by atoms with Gasteiger partial charge in [0.1, 0.15) is 12.2 Å². The maximum atomic E-state index is 13.6. The molecule has 0 saturated heterocycles. The van der Waals surface area contributed by atoms with Gasteiger partial charge in [-0.3, -0.25) is 4.68 Å². The monoisotopic (exact) mass is 284 g/mol. The van der Waals surface area contributed by atoms with E-state index >= 15 is 0 Å². The molecule has 0 saturated carbocycles. The summed E-state index contributed by atoms with van der Waals surface area (Å²) >= 11 is 5.62. The Kier molecular flexibility index (Phi) is 3.71. The predicted molar refractivity (Wildman–Crippen MR) is 65.9 cm³/mol. The number of ether oxygens (including phenoxy) is 1. The average molecular weight is 285 g/mol. The molecule has 0 amide bonds. The highest BCUT2D eigenvalue weighted by atomic mass is 35.5. The van der Waals surface area contributed by atoms with Gasteiger partial charge in [0, 0.05) is 7.05 Å². The van der Waals surface area contributed by atoms with E-state index < -0.39 is 11.8 Å². The zero-order chi connectivity index (χ0) is 14.0. The van der Waals surface area contributed by atoms with Crippen molar-refractivity contribution in [2.75, 3.05) is 0 Å². The standard InChI is InChI=1S/C12H10ClFN2O3/c1-16-9(7(5-15-16)12(17)18)6-19-10-4-2-3-8(13)11(10)14/h2-5H,6H2,1H3,(H,17,18). The first-order valence-electron chi connectivity index (χ1n) is 5.31. The normalized spacial score (nSPS) is 10.5. The Morgan fingerprint density at radius 2 is 2.32 bits per heavy atom. The van der Waals surface area contributed by atoms with Crippen LogP contribution in [0.15, 0.2) is 24.4 Å². The molecule has 2 rings (SSSR count). The van der Waals surface area contributed by atoms with Gasteiger partial charge in [-0.2, -0.15) is 5.10 Å². The summed E-state index contributed by atoms with van der Waals surface area (Å²) in [4.78, 5) is 11.0. The van der Waals surface area contributed by atoms with E-state index in [9.17, 15) is 9.18 Å². The fourth-order valence-corrected chi connectivity index (χ4v) is 1.72. The van der Waals surface area contributed by atoms with Crippen LogP contribution >= 0.6 is 11.6 Å². The average Bonchev–Trinajstić information content (AvgIpc) is 2.73. The number of aryl methyl sites for hydroxylation is 1. The van der Waals surface area contributed by atoms with E-state index in [1.54, 1.807) is 13.1 Å². The Labute approximate surface area is 113 Å². The number of aromatic nitrogens is 2. The van der Waals surface area contributed by atoms with Gasteiger partial charge in [0.05, 0.1) is 16.9 Å². The maximum Gasteiger partial charge on any atom is 0.339 e. The van der Waals surface area contributed by atoms with Crippen molar-refractivity contribution in [1.82, 2.24) is 9.78 Å². The summed E-state index contributed by atoms with van der Waals surface area (Å²) in [6, 6.07) is 4.36. The molecule has 0 atom stereocenters. The number of carbonyl (C=O) groups is 1. The Morgan fingerprint density at radius 3 is 3.00 bits per heavy atom. The van der Waals surface area contributed by atoms with E-state index in [4.69, 9.17) is 21.4 Å². The topological polar surface area (TPSA) is 64.4 Å². The van der Waals surface area contributed by atoms with Crippen LogP contribution in [-0.2, 0) is 13.7 Å². The lowest BCUT2D eigenvalue weighted by atomic mass is 10.2. The van der Waals surface area contributed by atoms with Crippen molar-refractivity contribution in [2.45, 2.75) is 6.61 Å². The molecule has 1 aromatic heterocycles. The summed E-state index contributed by atoms with van der Waals surface area (Å²) in [5.41, 5.74) is 0.358. The van der Waals surface area contributed by atoms with Crippen LogP contribution in [-0.4, -0.2) is 20.9 Å². The zero-order valence-corrected chi connectivity index (χ0v) is 10.7. The van der Waals surface area contributed by atoms with E-state index in [2.05, 4.69) is 5.10 Å². The Bertz CT molecular complexity index is 627. The van der Waals surface area contributed by atoms with Gasteiger partial charge in [0.15, 0.2) is 11.6 Å². The quantitative estimate of drug-likeness (QED) is 0.937. The lowest BCUT2D eigenvalue weighted by Gasteiger charge is -2.09. The summed E-state index contributed by atoms with van der Waals surface area (Å²) in [7, 11) is 1.58. The van der Waals surface area contributed by atoms with E-state index in [0.29, 0.717) is 5.69 Å². The second-order valence-electron chi connectivity index (χ2n) is 3.77. The molecule has 0 spiro atoms. The van der Waals surface area contributed by atoms with Gasteiger partial charge in [-0.1, -0.05) is 17.7 Å². The number of benzene rings is 1. The molecule has 0 aliphatic heterocycles. The third kappa shape index (κ3) is 2.68. The van der Waals surface area contributed by atoms with Crippen LogP contribution in [0.2, 0.25) is 5.02 Å². The second-order valence-corrected chi connectivity index (χ2v) is 4.18. The lowest BCUT2D eigenvalue weighted by Crippen LogP contribution is -2.09. The van der Waals surface area contributed by atoms with Gasteiger partial charge < -0.3 is 9.84 Å². The zero-order valence-electron chi connectivity index (χ0n) is 9.93. The number of carboxylic acids is 1. The number of hydrogen-bond acceptors (Lipinski definition) is 3. The van der Waals surface area contributed by atoms with Crippen molar-refractivity contribution in [2.24, 2.45) is 7.05 Å². The van der Waals surface area contributed by atoms with Crippen LogP contribution in [0.3, 0.4) is 0 Å². The van der Waals surface area contributed by atoms with Crippen molar-refractivity contribution in [3.05, 3.63) is 46.5 Å². The molecule has 19 heavy (non-hydrogen) atoms. The molecule has 1 heterocycles. The first-order chi connectivity index (χ1) is 9.00. The third-order valence-corrected chi connectivity index (χ3v) is 2.86. The summed E-state index contributed by atoms with van der Waals surface area (Å²) < 4.78 is 20.2. The molecule has 0 aliphatic carbocycles. The van der Waals surface area contributed by atoms with E-state index in [0.717, 1.165) is 0 Å². The predicted octanol–water partition coefficient (Wildman–Crippen LogP) is 2.49. The lowest BCUT2D eigenvalue weighted by molar-refractivity contribution is 0.0693. The van der Waals surface area contributed by atoms with E-state index in [1.807, 2.05) is 0 Å². The number of nitrogens with zero attached hydrogens (tertiary/aromatic N) is 2. The number of aromatic carboxylic acids is 1. The van der Waals surface area contributed by atoms with Crippen molar-refractivity contribution in [3.63, 3.8) is 0 Å². The molecule has 5 nitrogen and oxygen atoms in total. The van der Waals surface area contributed by atoms with Gasteiger partial charge in [-0.05, 0) is 12.1 Å². The minimum absolute atomic E-state index is 0.0185. The van der Waals surface area contributed by atoms with E-state index in [-0.39, 0.29) is 22.9 Å². The molecule has 0 bridgehead atoms. The summed E-state index contributed by atoms with van der Waals surface area (Å²) in [5, 5.41) is 12.7. The van der Waals surface area contributed by atoms with Gasteiger partial charge >= 0.3 is 5.97 Å². The van der Waals surface area contributed by atoms with Gasteiger partial charge in [0.2, 0.25) is 0 Å². The van der Waals surface area contributed by atoms with Gasteiger partial charge in [-0.25, -0.2) is 9.18 Å². The van der Waals surface area contributed by atoms with Crippen molar-refractivity contribution >= 4 is 17.6 Å². The number of hydrogen-bond donors (Lipinski definition) is 1. The molecule has 7 heteroatoms. The van der Waals surface area contributed by atoms with Crippen molar-refractivity contribution < 1.29 is 19.0 Å². The largest absolute Gasteiger partial charge is 0.484 e. The van der Waals surface area contributed by atoms with E-state index in [1.165, 1.54) is 23.0 Å². The fraction of sp³-hybridized carbons (Fsp3) is 0.167. The first-order valence-corrected chi connectivity index (χ1v) is 5.69. The summed E-state index contributed by atoms with van der Waals surface area (Å²) in [6.07, 6.45) is 1.22. The Morgan fingerprint density at radius 1 is 1.58 bits per heavy atom.